The van der Waals surface area contributed by atoms with Crippen LogP contribution in [0.5, 0.6) is 0 Å². The van der Waals surface area contributed by atoms with E-state index in [1.54, 1.807) is 6.92 Å². The van der Waals surface area contributed by atoms with E-state index in [1.807, 2.05) is 0 Å². The number of carbonyl (C=O) groups excluding carboxylic acids is 2. The molecule has 2 aliphatic heterocycles. The number of nitrogens with zero attached hydrogens (tertiary/aromatic N) is 2. The molecule has 144 valence electrons. The van der Waals surface area contributed by atoms with Crippen LogP contribution in [0.25, 0.3) is 0 Å². The van der Waals surface area contributed by atoms with Crippen molar-refractivity contribution in [2.75, 3.05) is 45.9 Å². The van der Waals surface area contributed by atoms with E-state index in [2.05, 4.69) is 5.32 Å². The summed E-state index contributed by atoms with van der Waals surface area (Å²) in [5.74, 6) is 0.0348. The Balaban J connectivity index is 1.87. The Morgan fingerprint density at radius 3 is 2.28 bits per heavy atom. The number of rotatable bonds is 5. The first kappa shape index (κ1) is 20.0. The molecular weight excluding hydrogens is 339 g/mol. The molecule has 0 saturated carbocycles. The van der Waals surface area contributed by atoms with Crippen LogP contribution >= 0.6 is 0 Å². The number of carbonyl (C=O) groups is 2. The standard InChI is InChI=1S/C16H26F3N3O3/c1-2-13(23)14(12-3-9-25-10-4-12)20-15(24)22-7-5-21(6-8-22)11-16(17,18)19/h12,14H,2-11H2,1H3,(H,20,24)/t14-/m0/s1. The zero-order valence-electron chi connectivity index (χ0n) is 14.5. The molecule has 2 saturated heterocycles. The number of piperazine rings is 1. The van der Waals surface area contributed by atoms with Gasteiger partial charge in [-0.2, -0.15) is 13.2 Å². The molecule has 0 bridgehead atoms. The lowest BCUT2D eigenvalue weighted by Gasteiger charge is -2.37. The largest absolute Gasteiger partial charge is 0.401 e. The Bertz CT molecular complexity index is 459. The van der Waals surface area contributed by atoms with Crippen molar-refractivity contribution in [3.8, 4) is 0 Å². The quantitative estimate of drug-likeness (QED) is 0.805. The summed E-state index contributed by atoms with van der Waals surface area (Å²) < 4.78 is 42.6. The third-order valence-corrected chi connectivity index (χ3v) is 4.77. The van der Waals surface area contributed by atoms with Crippen LogP contribution in [-0.2, 0) is 9.53 Å². The van der Waals surface area contributed by atoms with Crippen LogP contribution in [-0.4, -0.2) is 79.8 Å². The molecule has 0 aromatic rings. The highest BCUT2D eigenvalue weighted by Crippen LogP contribution is 2.21. The fourth-order valence-electron chi connectivity index (χ4n) is 3.32. The highest BCUT2D eigenvalue weighted by Gasteiger charge is 2.34. The molecule has 0 aliphatic carbocycles. The second-order valence-corrected chi connectivity index (χ2v) is 6.58. The first-order valence-corrected chi connectivity index (χ1v) is 8.75. The highest BCUT2D eigenvalue weighted by molar-refractivity contribution is 5.88. The smallest absolute Gasteiger partial charge is 0.381 e. The van der Waals surface area contributed by atoms with Crippen LogP contribution < -0.4 is 5.32 Å². The predicted octanol–water partition coefficient (Wildman–Crippen LogP) is 1.65. The topological polar surface area (TPSA) is 61.9 Å². The number of Topliss-reactive ketones (excluding diaryl/α,β-unsaturated/α-hetero) is 1. The summed E-state index contributed by atoms with van der Waals surface area (Å²) in [6, 6.07) is -0.917. The van der Waals surface area contributed by atoms with E-state index in [9.17, 15) is 22.8 Å². The van der Waals surface area contributed by atoms with Gasteiger partial charge < -0.3 is 15.0 Å². The Morgan fingerprint density at radius 1 is 1.16 bits per heavy atom. The van der Waals surface area contributed by atoms with Gasteiger partial charge >= 0.3 is 12.2 Å². The molecule has 2 aliphatic rings. The summed E-state index contributed by atoms with van der Waals surface area (Å²) >= 11 is 0. The monoisotopic (exact) mass is 365 g/mol. The first-order valence-electron chi connectivity index (χ1n) is 8.75. The summed E-state index contributed by atoms with van der Waals surface area (Å²) in [6.07, 6.45) is -2.46. The molecule has 9 heteroatoms. The minimum Gasteiger partial charge on any atom is -0.381 e. The molecule has 1 atom stereocenters. The van der Waals surface area contributed by atoms with Gasteiger partial charge in [0.05, 0.1) is 12.6 Å². The van der Waals surface area contributed by atoms with Gasteiger partial charge in [0.15, 0.2) is 5.78 Å². The minimum atomic E-state index is -4.23. The van der Waals surface area contributed by atoms with E-state index in [1.165, 1.54) is 9.80 Å². The number of hydrogen-bond donors (Lipinski definition) is 1. The first-order chi connectivity index (χ1) is 11.8. The summed E-state index contributed by atoms with van der Waals surface area (Å²) in [5, 5.41) is 2.81. The molecule has 2 fully saturated rings. The molecule has 6 nitrogen and oxygen atoms in total. The van der Waals surface area contributed by atoms with Gasteiger partial charge in [0.25, 0.3) is 0 Å². The molecule has 2 rings (SSSR count). The Morgan fingerprint density at radius 2 is 1.76 bits per heavy atom. The molecule has 0 aromatic heterocycles. The fraction of sp³-hybridized carbons (Fsp3) is 0.875. The van der Waals surface area contributed by atoms with Crippen LogP contribution in [0, 0.1) is 5.92 Å². The molecule has 0 radical (unpaired) electrons. The second-order valence-electron chi connectivity index (χ2n) is 6.58. The number of ether oxygens (including phenoxy) is 1. The SMILES string of the molecule is CCC(=O)[C@@H](NC(=O)N1CCN(CC(F)(F)F)CC1)C1CCOCC1. The van der Waals surface area contributed by atoms with Gasteiger partial charge in [0.1, 0.15) is 0 Å². The number of urea groups is 1. The lowest BCUT2D eigenvalue weighted by Crippen LogP contribution is -2.57. The van der Waals surface area contributed by atoms with E-state index in [-0.39, 0.29) is 43.9 Å². The highest BCUT2D eigenvalue weighted by atomic mass is 19.4. The number of alkyl halides is 3. The van der Waals surface area contributed by atoms with Gasteiger partial charge in [-0.15, -0.1) is 0 Å². The van der Waals surface area contributed by atoms with Crippen LogP contribution in [0.15, 0.2) is 0 Å². The van der Waals surface area contributed by atoms with E-state index in [4.69, 9.17) is 4.74 Å². The third-order valence-electron chi connectivity index (χ3n) is 4.77. The second kappa shape index (κ2) is 8.84. The minimum absolute atomic E-state index is 0.0176. The fourth-order valence-corrected chi connectivity index (χ4v) is 3.32. The molecule has 0 unspecified atom stereocenters. The van der Waals surface area contributed by atoms with Gasteiger partial charge in [0, 0.05) is 45.8 Å². The van der Waals surface area contributed by atoms with Crippen molar-refractivity contribution in [1.29, 1.82) is 0 Å². The number of hydrogen-bond acceptors (Lipinski definition) is 4. The van der Waals surface area contributed by atoms with Gasteiger partial charge in [-0.1, -0.05) is 6.92 Å². The van der Waals surface area contributed by atoms with Gasteiger partial charge in [-0.3, -0.25) is 9.69 Å². The third kappa shape index (κ3) is 6.14. The molecule has 0 spiro atoms. The Labute approximate surface area is 145 Å². The average Bonchev–Trinajstić information content (AvgIpc) is 2.59. The molecule has 25 heavy (non-hydrogen) atoms. The molecule has 1 N–H and O–H groups in total. The normalized spacial score (nSPS) is 21.8. The van der Waals surface area contributed by atoms with Crippen molar-refractivity contribution in [1.82, 2.24) is 15.1 Å². The number of amides is 2. The zero-order valence-corrected chi connectivity index (χ0v) is 14.5. The van der Waals surface area contributed by atoms with Gasteiger partial charge in [-0.25, -0.2) is 4.79 Å². The molecular formula is C16H26F3N3O3. The maximum Gasteiger partial charge on any atom is 0.401 e. The lowest BCUT2D eigenvalue weighted by molar-refractivity contribution is -0.148. The number of halogens is 3. The summed E-state index contributed by atoms with van der Waals surface area (Å²) in [6.45, 7) is 2.76. The number of ketones is 1. The predicted molar refractivity (Wildman–Crippen MR) is 85.2 cm³/mol. The van der Waals surface area contributed by atoms with Crippen molar-refractivity contribution in [2.24, 2.45) is 5.92 Å². The van der Waals surface area contributed by atoms with Crippen molar-refractivity contribution in [3.63, 3.8) is 0 Å². The van der Waals surface area contributed by atoms with Crippen molar-refractivity contribution < 1.29 is 27.5 Å². The van der Waals surface area contributed by atoms with Crippen molar-refractivity contribution in [2.45, 2.75) is 38.4 Å². The van der Waals surface area contributed by atoms with Crippen molar-refractivity contribution in [3.05, 3.63) is 0 Å². The van der Waals surface area contributed by atoms with E-state index in [0.717, 1.165) is 12.8 Å². The Kier molecular flexibility index (Phi) is 7.06. The van der Waals surface area contributed by atoms with E-state index < -0.39 is 18.8 Å². The Hall–Kier alpha value is -1.35. The van der Waals surface area contributed by atoms with E-state index in [0.29, 0.717) is 19.6 Å². The lowest BCUT2D eigenvalue weighted by atomic mass is 9.88. The maximum absolute atomic E-state index is 12.5. The van der Waals surface area contributed by atoms with E-state index >= 15 is 0 Å². The summed E-state index contributed by atoms with van der Waals surface area (Å²) in [4.78, 5) is 27.5. The van der Waals surface area contributed by atoms with Gasteiger partial charge in [-0.05, 0) is 18.8 Å². The van der Waals surface area contributed by atoms with Crippen LogP contribution in [0.3, 0.4) is 0 Å². The molecule has 2 amide bonds. The van der Waals surface area contributed by atoms with Crippen LogP contribution in [0.1, 0.15) is 26.2 Å². The van der Waals surface area contributed by atoms with Gasteiger partial charge in [0.2, 0.25) is 0 Å². The summed E-state index contributed by atoms with van der Waals surface area (Å²) in [5.41, 5.74) is 0. The maximum atomic E-state index is 12.5. The van der Waals surface area contributed by atoms with Crippen LogP contribution in [0.4, 0.5) is 18.0 Å². The number of nitrogens with one attached hydrogen (secondary N) is 1. The van der Waals surface area contributed by atoms with Crippen molar-refractivity contribution >= 4 is 11.8 Å². The molecule has 2 heterocycles. The molecule has 0 aromatic carbocycles. The average molecular weight is 365 g/mol. The van der Waals surface area contributed by atoms with Crippen LogP contribution in [0.2, 0.25) is 0 Å². The summed E-state index contributed by atoms with van der Waals surface area (Å²) in [7, 11) is 0. The zero-order chi connectivity index (χ0) is 18.4.